The van der Waals surface area contributed by atoms with Crippen LogP contribution in [0.1, 0.15) is 30.4 Å². The van der Waals surface area contributed by atoms with E-state index in [0.29, 0.717) is 30.3 Å². The molecule has 3 aromatic heterocycles. The Kier molecular flexibility index (Phi) is 5.82. The molecule has 166 valence electrons. The zero-order valence-electron chi connectivity index (χ0n) is 17.5. The number of hydrogen-bond donors (Lipinski definition) is 3. The number of fused-ring (bicyclic) bond motifs is 2. The molecule has 0 amide bonds. The summed E-state index contributed by atoms with van der Waals surface area (Å²) in [6.07, 6.45) is 8.71. The van der Waals surface area contributed by atoms with Crippen LogP contribution < -0.4 is 10.6 Å². The third-order valence-corrected chi connectivity index (χ3v) is 6.33. The second-order valence-corrected chi connectivity index (χ2v) is 8.36. The number of rotatable bonds is 6. The summed E-state index contributed by atoms with van der Waals surface area (Å²) < 4.78 is 31.2. The number of imidazole rings is 1. The maximum absolute atomic E-state index is 14.8. The lowest BCUT2D eigenvalue weighted by Crippen LogP contribution is -2.48. The van der Waals surface area contributed by atoms with Crippen LogP contribution >= 0.6 is 0 Å². The van der Waals surface area contributed by atoms with E-state index in [0.717, 1.165) is 17.6 Å². The van der Waals surface area contributed by atoms with Crippen molar-refractivity contribution >= 4 is 16.6 Å². The van der Waals surface area contributed by atoms with Crippen LogP contribution in [0.4, 0.5) is 8.78 Å². The van der Waals surface area contributed by atoms with Gasteiger partial charge in [-0.05, 0) is 37.5 Å². The summed E-state index contributed by atoms with van der Waals surface area (Å²) in [7, 11) is 0. The average molecular weight is 437 g/mol. The Labute approximate surface area is 184 Å². The lowest BCUT2D eigenvalue weighted by Gasteiger charge is -2.34. The summed E-state index contributed by atoms with van der Waals surface area (Å²) in [6, 6.07) is 8.46. The fourth-order valence-corrected chi connectivity index (χ4v) is 4.56. The van der Waals surface area contributed by atoms with Crippen molar-refractivity contribution in [3.8, 4) is 0 Å². The van der Waals surface area contributed by atoms with E-state index in [1.54, 1.807) is 18.3 Å². The summed E-state index contributed by atoms with van der Waals surface area (Å²) in [5.74, 6) is -1.22. The predicted octanol–water partition coefficient (Wildman–Crippen LogP) is 3.32. The van der Waals surface area contributed by atoms with Gasteiger partial charge in [-0.1, -0.05) is 6.07 Å². The van der Waals surface area contributed by atoms with Crippen LogP contribution in [0.5, 0.6) is 0 Å². The van der Waals surface area contributed by atoms with Gasteiger partial charge in [-0.15, -0.1) is 0 Å². The molecule has 0 spiro atoms. The minimum absolute atomic E-state index is 0.0181. The van der Waals surface area contributed by atoms with Crippen LogP contribution in [0, 0.1) is 11.6 Å². The van der Waals surface area contributed by atoms with Crippen molar-refractivity contribution in [2.24, 2.45) is 0 Å². The van der Waals surface area contributed by atoms with Crippen molar-refractivity contribution < 1.29 is 13.9 Å². The molecule has 1 aliphatic rings. The first-order valence-corrected chi connectivity index (χ1v) is 10.9. The van der Waals surface area contributed by atoms with Crippen LogP contribution in [0.3, 0.4) is 0 Å². The number of benzene rings is 1. The lowest BCUT2D eigenvalue weighted by atomic mass is 9.88. The summed E-state index contributed by atoms with van der Waals surface area (Å²) in [5.41, 5.74) is 2.30. The first-order chi connectivity index (χ1) is 15.6. The van der Waals surface area contributed by atoms with Crippen molar-refractivity contribution in [2.45, 2.75) is 50.5 Å². The molecular formula is C24H25F2N5O. The van der Waals surface area contributed by atoms with Gasteiger partial charge in [-0.25, -0.2) is 13.8 Å². The third-order valence-electron chi connectivity index (χ3n) is 6.33. The molecule has 8 heteroatoms. The Bertz CT molecular complexity index is 1240. The molecule has 3 atom stereocenters. The zero-order valence-corrected chi connectivity index (χ0v) is 17.5. The van der Waals surface area contributed by atoms with E-state index >= 15 is 0 Å². The molecule has 0 radical (unpaired) electrons. The molecule has 1 saturated carbocycles. The maximum Gasteiger partial charge on any atom is 0.141 e. The highest BCUT2D eigenvalue weighted by molar-refractivity contribution is 5.80. The van der Waals surface area contributed by atoms with E-state index in [2.05, 4.69) is 20.6 Å². The highest BCUT2D eigenvalue weighted by Crippen LogP contribution is 2.24. The molecule has 5 rings (SSSR count). The van der Waals surface area contributed by atoms with Crippen LogP contribution in [-0.2, 0) is 13.1 Å². The SMILES string of the molecule is O[C@@H]1C[C@@H](NCc2cccn3ccnc23)CC[C@@H]1NCc1c(F)cc2ncccc2c1F. The molecule has 1 aromatic carbocycles. The van der Waals surface area contributed by atoms with Gasteiger partial charge in [-0.3, -0.25) is 4.98 Å². The number of halogens is 2. The number of aliphatic hydroxyl groups excluding tert-OH is 1. The molecule has 6 nitrogen and oxygen atoms in total. The summed E-state index contributed by atoms with van der Waals surface area (Å²) in [4.78, 5) is 8.41. The predicted molar refractivity (Wildman–Crippen MR) is 118 cm³/mol. The van der Waals surface area contributed by atoms with Crippen LogP contribution in [0.15, 0.2) is 55.1 Å². The number of hydrogen-bond acceptors (Lipinski definition) is 5. The highest BCUT2D eigenvalue weighted by Gasteiger charge is 2.29. The van der Waals surface area contributed by atoms with E-state index < -0.39 is 17.7 Å². The fourth-order valence-electron chi connectivity index (χ4n) is 4.56. The van der Waals surface area contributed by atoms with Crippen molar-refractivity contribution in [2.75, 3.05) is 0 Å². The molecule has 32 heavy (non-hydrogen) atoms. The van der Waals surface area contributed by atoms with Crippen LogP contribution in [0.25, 0.3) is 16.6 Å². The quantitative estimate of drug-likeness (QED) is 0.432. The Morgan fingerprint density at radius 3 is 2.81 bits per heavy atom. The smallest absolute Gasteiger partial charge is 0.141 e. The van der Waals surface area contributed by atoms with Crippen LogP contribution in [0.2, 0.25) is 0 Å². The number of pyridine rings is 2. The van der Waals surface area contributed by atoms with Gasteiger partial charge in [0.25, 0.3) is 0 Å². The van der Waals surface area contributed by atoms with E-state index in [9.17, 15) is 13.9 Å². The molecule has 0 saturated heterocycles. The fraction of sp³-hybridized carbons (Fsp3) is 0.333. The number of nitrogens with zero attached hydrogens (tertiary/aromatic N) is 3. The molecule has 1 aliphatic carbocycles. The molecule has 1 fully saturated rings. The number of nitrogens with one attached hydrogen (secondary N) is 2. The Hall–Kier alpha value is -2.94. The number of aliphatic hydroxyl groups is 1. The average Bonchev–Trinajstić information content (AvgIpc) is 3.28. The van der Waals surface area contributed by atoms with Crippen molar-refractivity contribution in [1.82, 2.24) is 25.0 Å². The standard InChI is InChI=1S/C24H25F2N5O/c25-19-12-21-17(4-1-7-27-21)23(26)18(19)14-30-20-6-5-16(11-22(20)32)29-13-15-3-2-9-31-10-8-28-24(15)31/h1-4,7-10,12,16,20,22,29-30,32H,5-6,11,13-14H2/t16-,20-,22+/m0/s1. The van der Waals surface area contributed by atoms with Gasteiger partial charge in [0.15, 0.2) is 0 Å². The highest BCUT2D eigenvalue weighted by atomic mass is 19.1. The second-order valence-electron chi connectivity index (χ2n) is 8.36. The zero-order chi connectivity index (χ0) is 22.1. The lowest BCUT2D eigenvalue weighted by molar-refractivity contribution is 0.0739. The van der Waals surface area contributed by atoms with E-state index in [4.69, 9.17) is 0 Å². The molecule has 4 aromatic rings. The minimum atomic E-state index is -0.626. The topological polar surface area (TPSA) is 74.5 Å². The molecular weight excluding hydrogens is 412 g/mol. The summed E-state index contributed by atoms with van der Waals surface area (Å²) in [6.45, 7) is 0.683. The van der Waals surface area contributed by atoms with Gasteiger partial charge in [0.05, 0.1) is 11.6 Å². The Balaban J connectivity index is 1.18. The first-order valence-electron chi connectivity index (χ1n) is 10.9. The van der Waals surface area contributed by atoms with Gasteiger partial charge in [-0.2, -0.15) is 0 Å². The first kappa shape index (κ1) is 20.9. The molecule has 0 aliphatic heterocycles. The van der Waals surface area contributed by atoms with Crippen molar-refractivity contribution in [1.29, 1.82) is 0 Å². The monoisotopic (exact) mass is 437 g/mol. The van der Waals surface area contributed by atoms with E-state index in [1.165, 1.54) is 12.3 Å². The largest absolute Gasteiger partial charge is 0.391 e. The summed E-state index contributed by atoms with van der Waals surface area (Å²) >= 11 is 0. The van der Waals surface area contributed by atoms with Crippen molar-refractivity contribution in [3.05, 3.63) is 77.9 Å². The minimum Gasteiger partial charge on any atom is -0.391 e. The van der Waals surface area contributed by atoms with Gasteiger partial charge in [0.1, 0.15) is 17.3 Å². The van der Waals surface area contributed by atoms with Gasteiger partial charge in [0.2, 0.25) is 0 Å². The molecule has 0 bridgehead atoms. The van der Waals surface area contributed by atoms with Crippen molar-refractivity contribution in [3.63, 3.8) is 0 Å². The Morgan fingerprint density at radius 1 is 1.03 bits per heavy atom. The van der Waals surface area contributed by atoms with Gasteiger partial charge >= 0.3 is 0 Å². The summed E-state index contributed by atoms with van der Waals surface area (Å²) in [5, 5.41) is 17.6. The maximum atomic E-state index is 14.8. The molecule has 0 unspecified atom stereocenters. The molecule has 3 heterocycles. The van der Waals surface area contributed by atoms with Gasteiger partial charge < -0.3 is 20.1 Å². The van der Waals surface area contributed by atoms with Gasteiger partial charge in [0, 0.05) is 72.5 Å². The van der Waals surface area contributed by atoms with E-state index in [-0.39, 0.29) is 24.2 Å². The van der Waals surface area contributed by atoms with E-state index in [1.807, 2.05) is 28.9 Å². The van der Waals surface area contributed by atoms with Crippen LogP contribution in [-0.4, -0.2) is 37.7 Å². The Morgan fingerprint density at radius 2 is 1.94 bits per heavy atom. The number of aromatic nitrogens is 3. The second kappa shape index (κ2) is 8.90. The third kappa shape index (κ3) is 4.09. The normalized spacial score (nSPS) is 21.4. The molecule has 3 N–H and O–H groups in total.